The molecule has 0 aliphatic carbocycles. The standard InChI is InChI=1S/C11H17N3O2/c1-4-14(11(2,3)10(15)16)8-9-12-6-5-7-13-9/h5-7H,4,8H2,1-3H3,(H,15,16). The minimum Gasteiger partial charge on any atom is -0.480 e. The highest BCUT2D eigenvalue weighted by molar-refractivity contribution is 5.77. The Hall–Kier alpha value is -1.49. The molecule has 1 rings (SSSR count). The van der Waals surface area contributed by atoms with Crippen LogP contribution in [0.1, 0.15) is 26.6 Å². The van der Waals surface area contributed by atoms with E-state index in [2.05, 4.69) is 9.97 Å². The van der Waals surface area contributed by atoms with E-state index in [0.717, 1.165) is 0 Å². The first kappa shape index (κ1) is 12.6. The molecule has 0 bridgehead atoms. The van der Waals surface area contributed by atoms with Gasteiger partial charge in [0.15, 0.2) is 0 Å². The van der Waals surface area contributed by atoms with Gasteiger partial charge in [0, 0.05) is 12.4 Å². The zero-order chi connectivity index (χ0) is 12.2. The second-order valence-corrected chi connectivity index (χ2v) is 4.04. The van der Waals surface area contributed by atoms with E-state index < -0.39 is 11.5 Å². The second kappa shape index (κ2) is 5.03. The van der Waals surface area contributed by atoms with Crippen LogP contribution < -0.4 is 0 Å². The van der Waals surface area contributed by atoms with E-state index in [0.29, 0.717) is 18.9 Å². The lowest BCUT2D eigenvalue weighted by atomic mass is 10.0. The third kappa shape index (κ3) is 2.76. The highest BCUT2D eigenvalue weighted by Gasteiger charge is 2.33. The first-order valence-corrected chi connectivity index (χ1v) is 5.22. The van der Waals surface area contributed by atoms with Gasteiger partial charge in [-0.2, -0.15) is 0 Å². The maximum Gasteiger partial charge on any atom is 0.323 e. The van der Waals surface area contributed by atoms with Crippen LogP contribution in [0.2, 0.25) is 0 Å². The molecule has 5 heteroatoms. The van der Waals surface area contributed by atoms with Gasteiger partial charge in [-0.3, -0.25) is 9.69 Å². The maximum absolute atomic E-state index is 11.1. The van der Waals surface area contributed by atoms with Crippen molar-refractivity contribution in [3.8, 4) is 0 Å². The zero-order valence-electron chi connectivity index (χ0n) is 9.84. The van der Waals surface area contributed by atoms with E-state index in [-0.39, 0.29) is 0 Å². The highest BCUT2D eigenvalue weighted by atomic mass is 16.4. The van der Waals surface area contributed by atoms with Crippen molar-refractivity contribution in [1.82, 2.24) is 14.9 Å². The predicted octanol–water partition coefficient (Wildman–Crippen LogP) is 1.16. The van der Waals surface area contributed by atoms with Gasteiger partial charge in [0.25, 0.3) is 0 Å². The van der Waals surface area contributed by atoms with Crippen molar-refractivity contribution in [2.24, 2.45) is 0 Å². The molecule has 0 radical (unpaired) electrons. The van der Waals surface area contributed by atoms with Crippen molar-refractivity contribution < 1.29 is 9.90 Å². The van der Waals surface area contributed by atoms with Gasteiger partial charge in [0.1, 0.15) is 11.4 Å². The molecule has 0 aliphatic rings. The van der Waals surface area contributed by atoms with Crippen molar-refractivity contribution in [2.45, 2.75) is 32.9 Å². The largest absolute Gasteiger partial charge is 0.480 e. The average molecular weight is 223 g/mol. The van der Waals surface area contributed by atoms with Gasteiger partial charge in [-0.25, -0.2) is 9.97 Å². The molecule has 16 heavy (non-hydrogen) atoms. The molecule has 1 aromatic heterocycles. The molecular weight excluding hydrogens is 206 g/mol. The van der Waals surface area contributed by atoms with Crippen LogP contribution in [-0.2, 0) is 11.3 Å². The van der Waals surface area contributed by atoms with Gasteiger partial charge in [-0.1, -0.05) is 6.92 Å². The van der Waals surface area contributed by atoms with Crippen LogP contribution in [0.15, 0.2) is 18.5 Å². The number of carboxylic acids is 1. The van der Waals surface area contributed by atoms with Gasteiger partial charge in [-0.05, 0) is 26.5 Å². The number of aromatic nitrogens is 2. The van der Waals surface area contributed by atoms with E-state index in [1.165, 1.54) is 0 Å². The minimum absolute atomic E-state index is 0.441. The number of carboxylic acid groups (broad SMARTS) is 1. The van der Waals surface area contributed by atoms with Crippen molar-refractivity contribution in [3.63, 3.8) is 0 Å². The van der Waals surface area contributed by atoms with Gasteiger partial charge in [0.05, 0.1) is 6.54 Å². The van der Waals surface area contributed by atoms with E-state index in [4.69, 9.17) is 5.11 Å². The summed E-state index contributed by atoms with van der Waals surface area (Å²) < 4.78 is 0. The SMILES string of the molecule is CCN(Cc1ncccn1)C(C)(C)C(=O)O. The van der Waals surface area contributed by atoms with Gasteiger partial charge in [0.2, 0.25) is 0 Å². The fraction of sp³-hybridized carbons (Fsp3) is 0.545. The number of aliphatic carboxylic acids is 1. The lowest BCUT2D eigenvalue weighted by Crippen LogP contribution is -2.49. The van der Waals surface area contributed by atoms with Crippen LogP contribution in [0.3, 0.4) is 0 Å². The Morgan fingerprint density at radius 2 is 2.00 bits per heavy atom. The van der Waals surface area contributed by atoms with E-state index in [1.807, 2.05) is 11.8 Å². The lowest BCUT2D eigenvalue weighted by molar-refractivity contribution is -0.149. The van der Waals surface area contributed by atoms with Crippen LogP contribution in [0.5, 0.6) is 0 Å². The van der Waals surface area contributed by atoms with Crippen molar-refractivity contribution in [1.29, 1.82) is 0 Å². The first-order valence-electron chi connectivity index (χ1n) is 5.22. The molecule has 88 valence electrons. The molecule has 0 amide bonds. The smallest absolute Gasteiger partial charge is 0.323 e. The van der Waals surface area contributed by atoms with Crippen LogP contribution in [0.4, 0.5) is 0 Å². The van der Waals surface area contributed by atoms with E-state index in [9.17, 15) is 4.79 Å². The quantitative estimate of drug-likeness (QED) is 0.811. The molecular formula is C11H17N3O2. The molecule has 1 heterocycles. The summed E-state index contributed by atoms with van der Waals surface area (Å²) >= 11 is 0. The number of hydrogen-bond donors (Lipinski definition) is 1. The van der Waals surface area contributed by atoms with E-state index >= 15 is 0 Å². The summed E-state index contributed by atoms with van der Waals surface area (Å²) in [5.74, 6) is -0.205. The molecule has 0 saturated carbocycles. The van der Waals surface area contributed by atoms with Crippen LogP contribution >= 0.6 is 0 Å². The van der Waals surface area contributed by atoms with Gasteiger partial charge < -0.3 is 5.11 Å². The predicted molar refractivity (Wildman–Crippen MR) is 59.8 cm³/mol. The van der Waals surface area contributed by atoms with E-state index in [1.54, 1.807) is 32.3 Å². The molecule has 5 nitrogen and oxygen atoms in total. The Balaban J connectivity index is 2.81. The number of hydrogen-bond acceptors (Lipinski definition) is 4. The summed E-state index contributed by atoms with van der Waals surface area (Å²) in [5, 5.41) is 9.14. The molecule has 0 aromatic carbocycles. The minimum atomic E-state index is -0.909. The number of likely N-dealkylation sites (N-methyl/N-ethyl adjacent to an activating group) is 1. The van der Waals surface area contributed by atoms with Gasteiger partial charge >= 0.3 is 5.97 Å². The Kier molecular flexibility index (Phi) is 3.95. The summed E-state index contributed by atoms with van der Waals surface area (Å²) in [7, 11) is 0. The molecule has 1 aromatic rings. The third-order valence-electron chi connectivity index (χ3n) is 2.65. The Morgan fingerprint density at radius 3 is 2.44 bits per heavy atom. The second-order valence-electron chi connectivity index (χ2n) is 4.04. The Morgan fingerprint density at radius 1 is 1.44 bits per heavy atom. The summed E-state index contributed by atoms with van der Waals surface area (Å²) in [4.78, 5) is 21.1. The Bertz CT molecular complexity index is 352. The maximum atomic E-state index is 11.1. The zero-order valence-corrected chi connectivity index (χ0v) is 9.84. The average Bonchev–Trinajstić information content (AvgIpc) is 2.26. The van der Waals surface area contributed by atoms with Crippen LogP contribution in [0.25, 0.3) is 0 Å². The van der Waals surface area contributed by atoms with Crippen LogP contribution in [0, 0.1) is 0 Å². The van der Waals surface area contributed by atoms with Crippen LogP contribution in [-0.4, -0.2) is 38.0 Å². The first-order chi connectivity index (χ1) is 7.48. The lowest BCUT2D eigenvalue weighted by Gasteiger charge is -2.33. The van der Waals surface area contributed by atoms with Crippen molar-refractivity contribution in [2.75, 3.05) is 6.54 Å². The van der Waals surface area contributed by atoms with Crippen molar-refractivity contribution in [3.05, 3.63) is 24.3 Å². The summed E-state index contributed by atoms with van der Waals surface area (Å²) in [6, 6.07) is 1.74. The highest BCUT2D eigenvalue weighted by Crippen LogP contribution is 2.16. The number of rotatable bonds is 5. The number of carbonyl (C=O) groups is 1. The van der Waals surface area contributed by atoms with Crippen molar-refractivity contribution >= 4 is 5.97 Å². The fourth-order valence-electron chi connectivity index (χ4n) is 1.42. The molecule has 0 spiro atoms. The normalized spacial score (nSPS) is 11.8. The monoisotopic (exact) mass is 223 g/mol. The summed E-state index contributed by atoms with van der Waals surface area (Å²) in [5.41, 5.74) is -0.909. The molecule has 0 atom stereocenters. The molecule has 0 fully saturated rings. The molecule has 0 aliphatic heterocycles. The molecule has 0 saturated heterocycles. The van der Waals surface area contributed by atoms with Gasteiger partial charge in [-0.15, -0.1) is 0 Å². The summed E-state index contributed by atoms with van der Waals surface area (Å²) in [6.07, 6.45) is 3.31. The topological polar surface area (TPSA) is 66.3 Å². The molecule has 1 N–H and O–H groups in total. The Labute approximate surface area is 95.1 Å². The molecule has 0 unspecified atom stereocenters. The third-order valence-corrected chi connectivity index (χ3v) is 2.65. The fourth-order valence-corrected chi connectivity index (χ4v) is 1.42. The summed E-state index contributed by atoms with van der Waals surface area (Å²) in [6.45, 7) is 6.37. The number of nitrogens with zero attached hydrogens (tertiary/aromatic N) is 3.